The van der Waals surface area contributed by atoms with Crippen LogP contribution in [0.15, 0.2) is 42.5 Å². The molecule has 0 N–H and O–H groups in total. The van der Waals surface area contributed by atoms with Crippen molar-refractivity contribution in [2.45, 2.75) is 18.7 Å². The number of hydrogen-bond donors (Lipinski definition) is 0. The van der Waals surface area contributed by atoms with Crippen molar-refractivity contribution in [3.8, 4) is 5.75 Å². The maximum atomic E-state index is 5.74. The predicted molar refractivity (Wildman–Crippen MR) is 92.3 cm³/mol. The smallest absolute Gasteiger partial charge is 0.123 e. The Morgan fingerprint density at radius 1 is 1.16 bits per heavy atom. The van der Waals surface area contributed by atoms with Crippen molar-refractivity contribution in [1.29, 1.82) is 0 Å². The number of rotatable bonds is 4. The van der Waals surface area contributed by atoms with Gasteiger partial charge in [0, 0.05) is 9.13 Å². The quantitative estimate of drug-likeness (QED) is 0.460. The molecule has 0 radical (unpaired) electrons. The molecule has 0 aliphatic rings. The van der Waals surface area contributed by atoms with E-state index in [0.717, 1.165) is 5.75 Å². The van der Waals surface area contributed by atoms with E-state index in [2.05, 4.69) is 87.9 Å². The molecule has 2 aromatic carbocycles. The van der Waals surface area contributed by atoms with Crippen LogP contribution in [0, 0.1) is 10.5 Å². The molecule has 3 heteroatoms. The van der Waals surface area contributed by atoms with E-state index in [4.69, 9.17) is 4.74 Å². The van der Waals surface area contributed by atoms with Crippen molar-refractivity contribution in [3.63, 3.8) is 0 Å². The minimum atomic E-state index is 0.155. The van der Waals surface area contributed by atoms with E-state index in [1.54, 1.807) is 0 Å². The predicted octanol–water partition coefficient (Wildman–Crippen LogP) is 5.48. The lowest BCUT2D eigenvalue weighted by atomic mass is 10.0. The fourth-order valence-electron chi connectivity index (χ4n) is 2.00. The Labute approximate surface area is 136 Å². The zero-order valence-corrected chi connectivity index (χ0v) is 14.7. The van der Waals surface area contributed by atoms with Gasteiger partial charge >= 0.3 is 0 Å². The summed E-state index contributed by atoms with van der Waals surface area (Å²) in [7, 11) is 0. The molecule has 100 valence electrons. The van der Waals surface area contributed by atoms with E-state index >= 15 is 0 Å². The van der Waals surface area contributed by atoms with E-state index in [-0.39, 0.29) is 4.83 Å². The molecular formula is C16H16BrIO. The number of aryl methyl sites for hydroxylation is 1. The van der Waals surface area contributed by atoms with Crippen molar-refractivity contribution in [2.75, 3.05) is 6.61 Å². The van der Waals surface area contributed by atoms with Gasteiger partial charge in [0.2, 0.25) is 0 Å². The minimum Gasteiger partial charge on any atom is -0.494 e. The summed E-state index contributed by atoms with van der Waals surface area (Å²) in [6.07, 6.45) is 0. The molecule has 0 spiro atoms. The summed E-state index contributed by atoms with van der Waals surface area (Å²) in [4.78, 5) is 0.155. The SMILES string of the molecule is CCOc1ccc(C)cc1C(Br)c1ccccc1I. The summed E-state index contributed by atoms with van der Waals surface area (Å²) in [5, 5.41) is 0. The largest absolute Gasteiger partial charge is 0.494 e. The monoisotopic (exact) mass is 430 g/mol. The highest BCUT2D eigenvalue weighted by atomic mass is 127. The van der Waals surface area contributed by atoms with E-state index in [9.17, 15) is 0 Å². The van der Waals surface area contributed by atoms with Gasteiger partial charge in [-0.15, -0.1) is 0 Å². The second-order valence-corrected chi connectivity index (χ2v) is 6.44. The molecule has 0 saturated heterocycles. The maximum absolute atomic E-state index is 5.74. The van der Waals surface area contributed by atoms with E-state index < -0.39 is 0 Å². The standard InChI is InChI=1S/C16H16BrIO/c1-3-19-15-9-8-11(2)10-13(15)16(17)12-6-4-5-7-14(12)18/h4-10,16H,3H2,1-2H3. The van der Waals surface area contributed by atoms with Gasteiger partial charge < -0.3 is 4.74 Å². The Morgan fingerprint density at radius 3 is 2.58 bits per heavy atom. The number of alkyl halides is 1. The van der Waals surface area contributed by atoms with E-state index in [0.29, 0.717) is 6.61 Å². The van der Waals surface area contributed by atoms with Crippen LogP contribution in [0.5, 0.6) is 5.75 Å². The Balaban J connectivity index is 2.45. The summed E-state index contributed by atoms with van der Waals surface area (Å²) in [5.74, 6) is 0.953. The molecule has 2 rings (SSSR count). The molecular weight excluding hydrogens is 415 g/mol. The molecule has 0 saturated carbocycles. The van der Waals surface area contributed by atoms with Gasteiger partial charge in [-0.05, 0) is 54.1 Å². The molecule has 2 aromatic rings. The number of ether oxygens (including phenoxy) is 1. The van der Waals surface area contributed by atoms with Crippen molar-refractivity contribution in [1.82, 2.24) is 0 Å². The van der Waals surface area contributed by atoms with Gasteiger partial charge in [0.25, 0.3) is 0 Å². The second kappa shape index (κ2) is 6.75. The van der Waals surface area contributed by atoms with E-state index in [1.165, 1.54) is 20.3 Å². The zero-order valence-electron chi connectivity index (χ0n) is 11.0. The van der Waals surface area contributed by atoms with Gasteiger partial charge in [-0.25, -0.2) is 0 Å². The number of halogens is 2. The highest BCUT2D eigenvalue weighted by molar-refractivity contribution is 14.1. The van der Waals surface area contributed by atoms with Gasteiger partial charge in [-0.2, -0.15) is 0 Å². The first-order valence-electron chi connectivity index (χ1n) is 6.25. The lowest BCUT2D eigenvalue weighted by Crippen LogP contribution is -2.01. The summed E-state index contributed by atoms with van der Waals surface area (Å²) in [6.45, 7) is 4.80. The average Bonchev–Trinajstić information content (AvgIpc) is 2.41. The Bertz CT molecular complexity index is 568. The summed E-state index contributed by atoms with van der Waals surface area (Å²) in [5.41, 5.74) is 3.70. The third-order valence-electron chi connectivity index (χ3n) is 2.92. The minimum absolute atomic E-state index is 0.155. The topological polar surface area (TPSA) is 9.23 Å². The molecule has 0 amide bonds. The molecule has 1 nitrogen and oxygen atoms in total. The molecule has 19 heavy (non-hydrogen) atoms. The van der Waals surface area contributed by atoms with Crippen molar-refractivity contribution in [3.05, 3.63) is 62.7 Å². The zero-order chi connectivity index (χ0) is 13.8. The van der Waals surface area contributed by atoms with Crippen LogP contribution in [0.1, 0.15) is 28.4 Å². The van der Waals surface area contributed by atoms with Crippen molar-refractivity contribution >= 4 is 38.5 Å². The number of hydrogen-bond acceptors (Lipinski definition) is 1. The van der Waals surface area contributed by atoms with E-state index in [1.807, 2.05) is 6.92 Å². The van der Waals surface area contributed by atoms with Crippen LogP contribution in [0.4, 0.5) is 0 Å². The first-order chi connectivity index (χ1) is 9.13. The maximum Gasteiger partial charge on any atom is 0.123 e. The molecule has 0 heterocycles. The Hall–Kier alpha value is -0.550. The van der Waals surface area contributed by atoms with Gasteiger partial charge in [0.15, 0.2) is 0 Å². The second-order valence-electron chi connectivity index (χ2n) is 4.36. The van der Waals surface area contributed by atoms with Crippen molar-refractivity contribution in [2.24, 2.45) is 0 Å². The first kappa shape index (κ1) is 14.9. The highest BCUT2D eigenvalue weighted by Crippen LogP contribution is 2.38. The fraction of sp³-hybridized carbons (Fsp3) is 0.250. The lowest BCUT2D eigenvalue weighted by molar-refractivity contribution is 0.337. The Kier molecular flexibility index (Phi) is 5.28. The van der Waals surface area contributed by atoms with Gasteiger partial charge in [0.05, 0.1) is 11.4 Å². The van der Waals surface area contributed by atoms with Crippen LogP contribution in [0.3, 0.4) is 0 Å². The van der Waals surface area contributed by atoms with Crippen molar-refractivity contribution < 1.29 is 4.74 Å². The average molecular weight is 431 g/mol. The Morgan fingerprint density at radius 2 is 1.89 bits per heavy atom. The first-order valence-corrected chi connectivity index (χ1v) is 8.24. The third-order valence-corrected chi connectivity index (χ3v) is 4.89. The summed E-state index contributed by atoms with van der Waals surface area (Å²) in [6, 6.07) is 14.7. The molecule has 1 unspecified atom stereocenters. The van der Waals surface area contributed by atoms with Gasteiger partial charge in [-0.3, -0.25) is 0 Å². The fourth-order valence-corrected chi connectivity index (χ4v) is 3.88. The van der Waals surface area contributed by atoms with Crippen LogP contribution in [0.25, 0.3) is 0 Å². The van der Waals surface area contributed by atoms with Crippen LogP contribution >= 0.6 is 38.5 Å². The van der Waals surface area contributed by atoms with Gasteiger partial charge in [-0.1, -0.05) is 51.8 Å². The molecule has 0 fully saturated rings. The van der Waals surface area contributed by atoms with Crippen LogP contribution in [-0.4, -0.2) is 6.61 Å². The van der Waals surface area contributed by atoms with Gasteiger partial charge in [0.1, 0.15) is 5.75 Å². The molecule has 1 atom stereocenters. The summed E-state index contributed by atoms with van der Waals surface area (Å²) >= 11 is 6.19. The van der Waals surface area contributed by atoms with Crippen LogP contribution in [-0.2, 0) is 0 Å². The highest BCUT2D eigenvalue weighted by Gasteiger charge is 2.17. The van der Waals surface area contributed by atoms with Crippen LogP contribution < -0.4 is 4.74 Å². The normalized spacial score (nSPS) is 12.2. The molecule has 0 aromatic heterocycles. The molecule has 0 bridgehead atoms. The molecule has 0 aliphatic carbocycles. The molecule has 0 aliphatic heterocycles. The third kappa shape index (κ3) is 3.51. The number of benzene rings is 2. The lowest BCUT2D eigenvalue weighted by Gasteiger charge is -2.17. The van der Waals surface area contributed by atoms with Crippen LogP contribution in [0.2, 0.25) is 0 Å². The summed E-state index contributed by atoms with van der Waals surface area (Å²) < 4.78 is 7.00.